The van der Waals surface area contributed by atoms with Crippen LogP contribution in [-0.2, 0) is 20.7 Å². The van der Waals surface area contributed by atoms with E-state index < -0.39 is 12.1 Å². The monoisotopic (exact) mass is 352 g/mol. The zero-order valence-electron chi connectivity index (χ0n) is 13.8. The van der Waals surface area contributed by atoms with Crippen LogP contribution in [0.5, 0.6) is 0 Å². The predicted octanol–water partition coefficient (Wildman–Crippen LogP) is 1.81. The Balaban J connectivity index is 2.29. The third kappa shape index (κ3) is 4.00. The fourth-order valence-corrected chi connectivity index (χ4v) is 3.67. The molecule has 2 N–H and O–H groups in total. The first-order valence-corrected chi connectivity index (χ1v) is 8.36. The number of ether oxygens (including phenoxy) is 1. The van der Waals surface area contributed by atoms with E-state index in [1.165, 1.54) is 18.9 Å². The molecule has 1 aromatic carbocycles. The van der Waals surface area contributed by atoms with Crippen molar-refractivity contribution in [2.24, 2.45) is 0 Å². The van der Waals surface area contributed by atoms with Crippen LogP contribution in [0.15, 0.2) is 17.0 Å². The molecule has 0 radical (unpaired) electrons. The van der Waals surface area contributed by atoms with Crippen LogP contribution in [0, 0.1) is 6.92 Å². The molecule has 1 heterocycles. The number of amides is 2. The number of benzene rings is 1. The fraction of sp³-hybridized carbons (Fsp3) is 0.438. The van der Waals surface area contributed by atoms with Gasteiger partial charge in [0.1, 0.15) is 0 Å². The first-order valence-electron chi connectivity index (χ1n) is 7.48. The number of hydrogen-bond donors (Lipinski definition) is 2. The number of anilines is 1. The number of carboxylic acids is 1. The maximum absolute atomic E-state index is 12.5. The maximum Gasteiger partial charge on any atom is 0.406 e. The zero-order valence-corrected chi connectivity index (χ0v) is 14.6. The van der Waals surface area contributed by atoms with Crippen LogP contribution in [0.2, 0.25) is 0 Å². The van der Waals surface area contributed by atoms with Gasteiger partial charge in [-0.25, -0.2) is 4.79 Å². The molecular formula is C16H20N2O5S. The second-order valence-corrected chi connectivity index (χ2v) is 6.87. The summed E-state index contributed by atoms with van der Waals surface area (Å²) in [6.07, 6.45) is -0.653. The van der Waals surface area contributed by atoms with Gasteiger partial charge >= 0.3 is 12.1 Å². The molecule has 1 unspecified atom stereocenters. The number of methoxy groups -OCH3 is 1. The molecule has 24 heavy (non-hydrogen) atoms. The molecule has 2 amide bonds. The number of carboxylic acid groups (broad SMARTS) is 1. The number of thioether (sulfide) groups is 1. The third-order valence-corrected chi connectivity index (χ3v) is 4.89. The molecule has 7 nitrogen and oxygen atoms in total. The number of aliphatic carboxylic acids is 1. The van der Waals surface area contributed by atoms with Crippen molar-refractivity contribution in [3.8, 4) is 0 Å². The van der Waals surface area contributed by atoms with Crippen LogP contribution in [0.4, 0.5) is 10.5 Å². The summed E-state index contributed by atoms with van der Waals surface area (Å²) in [5.41, 5.74) is 2.25. The first kappa shape index (κ1) is 18.1. The molecule has 0 saturated carbocycles. The highest BCUT2D eigenvalue weighted by atomic mass is 32.2. The Labute approximate surface area is 144 Å². The average Bonchev–Trinajstić information content (AvgIpc) is 2.52. The Kier molecular flexibility index (Phi) is 5.71. The number of rotatable bonds is 5. The van der Waals surface area contributed by atoms with E-state index in [2.05, 4.69) is 10.1 Å². The molecule has 0 aromatic heterocycles. The van der Waals surface area contributed by atoms with Gasteiger partial charge in [-0.3, -0.25) is 9.59 Å². The number of hydrogen-bond acceptors (Lipinski definition) is 5. The van der Waals surface area contributed by atoms with Gasteiger partial charge in [0.15, 0.2) is 0 Å². The predicted molar refractivity (Wildman–Crippen MR) is 90.6 cm³/mol. The Bertz CT molecular complexity index is 677. The zero-order chi connectivity index (χ0) is 17.9. The fourth-order valence-electron chi connectivity index (χ4n) is 2.52. The van der Waals surface area contributed by atoms with E-state index in [9.17, 15) is 14.4 Å². The largest absolute Gasteiger partial charge is 0.481 e. The Morgan fingerprint density at radius 3 is 2.75 bits per heavy atom. The average molecular weight is 352 g/mol. The van der Waals surface area contributed by atoms with Crippen LogP contribution in [0.3, 0.4) is 0 Å². The minimum Gasteiger partial charge on any atom is -0.481 e. The van der Waals surface area contributed by atoms with Crippen molar-refractivity contribution >= 4 is 35.4 Å². The van der Waals surface area contributed by atoms with Gasteiger partial charge in [0.25, 0.3) is 0 Å². The van der Waals surface area contributed by atoms with E-state index in [1.807, 2.05) is 19.9 Å². The molecule has 2 rings (SSSR count). The molecule has 1 aliphatic heterocycles. The number of aryl methyl sites for hydroxylation is 1. The van der Waals surface area contributed by atoms with Crippen molar-refractivity contribution in [2.75, 3.05) is 25.1 Å². The number of nitrogens with zero attached hydrogens (tertiary/aromatic N) is 1. The summed E-state index contributed by atoms with van der Waals surface area (Å²) in [6, 6.07) is 3.68. The van der Waals surface area contributed by atoms with Gasteiger partial charge in [0.05, 0.1) is 24.5 Å². The topological polar surface area (TPSA) is 95.9 Å². The Hall–Kier alpha value is -2.22. The lowest BCUT2D eigenvalue weighted by Crippen LogP contribution is -2.44. The van der Waals surface area contributed by atoms with Gasteiger partial charge < -0.3 is 20.1 Å². The Morgan fingerprint density at radius 1 is 1.42 bits per heavy atom. The van der Waals surface area contributed by atoms with E-state index in [-0.39, 0.29) is 24.1 Å². The molecule has 130 valence electrons. The van der Waals surface area contributed by atoms with E-state index >= 15 is 0 Å². The lowest BCUT2D eigenvalue weighted by Gasteiger charge is -2.33. The van der Waals surface area contributed by atoms with Crippen LogP contribution < -0.4 is 10.2 Å². The number of alkyl carbamates (subject to hydrolysis) is 1. The summed E-state index contributed by atoms with van der Waals surface area (Å²) >= 11 is 1.46. The van der Waals surface area contributed by atoms with Crippen LogP contribution in [0.25, 0.3) is 0 Å². The van der Waals surface area contributed by atoms with Crippen molar-refractivity contribution in [3.05, 3.63) is 23.3 Å². The van der Waals surface area contributed by atoms with Gasteiger partial charge in [-0.1, -0.05) is 0 Å². The van der Waals surface area contributed by atoms with Gasteiger partial charge in [0.2, 0.25) is 5.91 Å². The summed E-state index contributed by atoms with van der Waals surface area (Å²) in [5.74, 6) is -0.982. The number of carbonyl (C=O) groups excluding carboxylic acids is 2. The van der Waals surface area contributed by atoms with Gasteiger partial charge in [0, 0.05) is 18.0 Å². The number of carbonyl (C=O) groups is 3. The standard InChI is InChI=1S/C16H20N2O5S/c1-9-6-13-12(7-11(9)8-14(19)20)18(15(21)10(2)24-13)5-4-17-16(22)23-3/h6-7,10H,4-5,8H2,1-3H3,(H,17,22)(H,19,20). The lowest BCUT2D eigenvalue weighted by atomic mass is 10.0. The summed E-state index contributed by atoms with van der Waals surface area (Å²) in [6.45, 7) is 4.24. The summed E-state index contributed by atoms with van der Waals surface area (Å²) in [7, 11) is 1.27. The van der Waals surface area contributed by atoms with Crippen molar-refractivity contribution in [1.82, 2.24) is 5.32 Å². The quantitative estimate of drug-likeness (QED) is 0.839. The Morgan fingerprint density at radius 2 is 2.12 bits per heavy atom. The van der Waals surface area contributed by atoms with Crippen molar-refractivity contribution in [1.29, 1.82) is 0 Å². The molecule has 0 fully saturated rings. The summed E-state index contributed by atoms with van der Waals surface area (Å²) < 4.78 is 4.51. The maximum atomic E-state index is 12.5. The molecule has 1 atom stereocenters. The number of nitrogens with one attached hydrogen (secondary N) is 1. The number of fused-ring (bicyclic) bond motifs is 1. The second kappa shape index (κ2) is 7.57. The molecule has 0 aliphatic carbocycles. The molecular weight excluding hydrogens is 332 g/mol. The van der Waals surface area contributed by atoms with Crippen molar-refractivity contribution < 1.29 is 24.2 Å². The van der Waals surface area contributed by atoms with Gasteiger partial charge in [-0.2, -0.15) is 0 Å². The highest BCUT2D eigenvalue weighted by molar-refractivity contribution is 8.01. The first-order chi connectivity index (χ1) is 11.3. The van der Waals surface area contributed by atoms with E-state index in [0.29, 0.717) is 17.8 Å². The SMILES string of the molecule is COC(=O)NCCN1C(=O)C(C)Sc2cc(C)c(CC(=O)O)cc21. The molecule has 1 aromatic rings. The molecule has 0 bridgehead atoms. The molecule has 1 aliphatic rings. The lowest BCUT2D eigenvalue weighted by molar-refractivity contribution is -0.136. The van der Waals surface area contributed by atoms with Crippen LogP contribution >= 0.6 is 11.8 Å². The molecule has 0 spiro atoms. The molecule has 0 saturated heterocycles. The highest BCUT2D eigenvalue weighted by Gasteiger charge is 2.31. The minimum atomic E-state index is -0.917. The van der Waals surface area contributed by atoms with Crippen molar-refractivity contribution in [2.45, 2.75) is 30.4 Å². The highest BCUT2D eigenvalue weighted by Crippen LogP contribution is 2.40. The van der Waals surface area contributed by atoms with Crippen LogP contribution in [-0.4, -0.2) is 48.5 Å². The summed E-state index contributed by atoms with van der Waals surface area (Å²) in [4.78, 5) is 37.2. The molecule has 8 heteroatoms. The second-order valence-electron chi connectivity index (χ2n) is 5.49. The smallest absolute Gasteiger partial charge is 0.406 e. The van der Waals surface area contributed by atoms with Crippen LogP contribution in [0.1, 0.15) is 18.1 Å². The normalized spacial score (nSPS) is 16.5. The summed E-state index contributed by atoms with van der Waals surface area (Å²) in [5, 5.41) is 11.4. The van der Waals surface area contributed by atoms with Crippen molar-refractivity contribution in [3.63, 3.8) is 0 Å². The van der Waals surface area contributed by atoms with E-state index in [4.69, 9.17) is 5.11 Å². The van der Waals surface area contributed by atoms with E-state index in [0.717, 1.165) is 10.5 Å². The van der Waals surface area contributed by atoms with Gasteiger partial charge in [-0.05, 0) is 37.1 Å². The third-order valence-electron chi connectivity index (χ3n) is 3.76. The minimum absolute atomic E-state index is 0.0655. The van der Waals surface area contributed by atoms with E-state index in [1.54, 1.807) is 11.0 Å². The van der Waals surface area contributed by atoms with Gasteiger partial charge in [-0.15, -0.1) is 11.8 Å².